The van der Waals surface area contributed by atoms with Crippen LogP contribution >= 0.6 is 11.5 Å². The number of amides is 3. The number of hydrogen-bond donors (Lipinski definition) is 2. The predicted octanol–water partition coefficient (Wildman–Crippen LogP) is 6.05. The van der Waals surface area contributed by atoms with Gasteiger partial charge in [-0.15, -0.1) is 0 Å². The first-order chi connectivity index (χ1) is 18.7. The fraction of sp³-hybridized carbons (Fsp3) is 0.607. The second-order valence-corrected chi connectivity index (χ2v) is 13.0. The number of rotatable bonds is 5. The van der Waals surface area contributed by atoms with E-state index in [0.29, 0.717) is 24.1 Å². The van der Waals surface area contributed by atoms with Gasteiger partial charge in [0.15, 0.2) is 11.6 Å². The van der Waals surface area contributed by atoms with Crippen molar-refractivity contribution in [3.63, 3.8) is 0 Å². The van der Waals surface area contributed by atoms with Gasteiger partial charge >= 0.3 is 12.2 Å². The number of anilines is 1. The maximum Gasteiger partial charge on any atom is 0.417 e. The van der Waals surface area contributed by atoms with E-state index in [1.54, 1.807) is 41.5 Å². The van der Waals surface area contributed by atoms with E-state index in [-0.39, 0.29) is 41.3 Å². The molecule has 1 aliphatic carbocycles. The highest BCUT2D eigenvalue weighted by atomic mass is 32.1. The topological polar surface area (TPSA) is 123 Å². The van der Waals surface area contributed by atoms with Crippen LogP contribution in [0, 0.1) is 5.82 Å². The molecule has 218 valence electrons. The first-order valence-corrected chi connectivity index (χ1v) is 14.4. The van der Waals surface area contributed by atoms with Crippen molar-refractivity contribution in [2.75, 3.05) is 5.32 Å². The largest absolute Gasteiger partial charge is 0.444 e. The van der Waals surface area contributed by atoms with Crippen molar-refractivity contribution in [2.45, 2.75) is 110 Å². The number of fused-ring (bicyclic) bond motifs is 1. The van der Waals surface area contributed by atoms with E-state index in [1.165, 1.54) is 11.5 Å². The van der Waals surface area contributed by atoms with Crippen molar-refractivity contribution in [3.05, 3.63) is 28.7 Å². The quantitative estimate of drug-likeness (QED) is 0.442. The van der Waals surface area contributed by atoms with Crippen molar-refractivity contribution >= 4 is 35.4 Å². The van der Waals surface area contributed by atoms with Gasteiger partial charge in [-0.3, -0.25) is 4.79 Å². The maximum atomic E-state index is 16.1. The fourth-order valence-electron chi connectivity index (χ4n) is 4.80. The molecule has 0 unspecified atom stereocenters. The van der Waals surface area contributed by atoms with Gasteiger partial charge in [-0.1, -0.05) is 19.8 Å². The lowest BCUT2D eigenvalue weighted by Crippen LogP contribution is -2.50. The van der Waals surface area contributed by atoms with Crippen molar-refractivity contribution in [1.29, 1.82) is 0 Å². The summed E-state index contributed by atoms with van der Waals surface area (Å²) in [6.07, 6.45) is 2.47. The second-order valence-electron chi connectivity index (χ2n) is 12.2. The Kier molecular flexibility index (Phi) is 8.39. The summed E-state index contributed by atoms with van der Waals surface area (Å²) in [6.45, 7) is 12.2. The van der Waals surface area contributed by atoms with Crippen LogP contribution in [0.3, 0.4) is 0 Å². The Labute approximate surface area is 238 Å². The van der Waals surface area contributed by atoms with E-state index in [2.05, 4.69) is 20.0 Å². The Morgan fingerprint density at radius 2 is 1.75 bits per heavy atom. The highest BCUT2D eigenvalue weighted by molar-refractivity contribution is 7.09. The van der Waals surface area contributed by atoms with Gasteiger partial charge in [0.1, 0.15) is 11.2 Å². The molecule has 12 heteroatoms. The zero-order valence-corrected chi connectivity index (χ0v) is 25.0. The molecule has 0 radical (unpaired) electrons. The van der Waals surface area contributed by atoms with E-state index >= 15 is 4.39 Å². The number of alkyl carbamates (subject to hydrolysis) is 1. The van der Waals surface area contributed by atoms with Gasteiger partial charge in [0, 0.05) is 11.6 Å². The number of nitrogens with one attached hydrogen (secondary N) is 2. The summed E-state index contributed by atoms with van der Waals surface area (Å²) in [5.74, 6) is -1.41. The zero-order chi connectivity index (χ0) is 29.4. The van der Waals surface area contributed by atoms with Gasteiger partial charge in [-0.25, -0.2) is 23.9 Å². The number of imide groups is 1. The van der Waals surface area contributed by atoms with Crippen molar-refractivity contribution < 1.29 is 28.2 Å². The minimum absolute atomic E-state index is 0.0345. The van der Waals surface area contributed by atoms with Crippen molar-refractivity contribution in [3.8, 4) is 10.6 Å². The first-order valence-electron chi connectivity index (χ1n) is 13.7. The number of hydrogen-bond acceptors (Lipinski definition) is 9. The van der Waals surface area contributed by atoms with E-state index in [9.17, 15) is 14.4 Å². The van der Waals surface area contributed by atoms with Gasteiger partial charge in [0.2, 0.25) is 0 Å². The number of aromatic nitrogens is 2. The molecule has 3 amide bonds. The first kappa shape index (κ1) is 29.7. The third-order valence-electron chi connectivity index (χ3n) is 6.57. The molecular weight excluding hydrogens is 537 g/mol. The van der Waals surface area contributed by atoms with Crippen LogP contribution in [0.25, 0.3) is 10.6 Å². The Bertz CT molecular complexity index is 1300. The van der Waals surface area contributed by atoms with Crippen LogP contribution in [-0.4, -0.2) is 55.6 Å². The van der Waals surface area contributed by atoms with Crippen LogP contribution in [-0.2, 0) is 22.4 Å². The van der Waals surface area contributed by atoms with Crippen LogP contribution in [0.5, 0.6) is 0 Å². The molecule has 2 atom stereocenters. The van der Waals surface area contributed by atoms with E-state index in [0.717, 1.165) is 23.4 Å². The van der Waals surface area contributed by atoms with Crippen LogP contribution < -0.4 is 10.6 Å². The standard InChI is InChI=1S/C28H38FN5O5S/c1-8-15-13-19(40-33-15)22-20-16(14-34(24(20)35)26(37)39-28(5,6)7)21(29)23(32-22)30-17-11-9-10-12-18(17)31-25(36)38-27(2,3)4/h13,17-18H,8-12,14H2,1-7H3,(H,30,32)(H,31,36)/t17-,18+/m1/s1. The summed E-state index contributed by atoms with van der Waals surface area (Å²) in [5.41, 5.74) is -0.293. The summed E-state index contributed by atoms with van der Waals surface area (Å²) in [5, 5.41) is 6.13. The SMILES string of the molecule is CCc1cc(-c2nc(N[C@@H]3CCCC[C@@H]3NC(=O)OC(C)(C)C)c(F)c3c2C(=O)N(C(=O)OC(C)(C)C)C3)sn1. The van der Waals surface area contributed by atoms with Crippen molar-refractivity contribution in [2.24, 2.45) is 0 Å². The second kappa shape index (κ2) is 11.3. The van der Waals surface area contributed by atoms with E-state index in [4.69, 9.17) is 9.47 Å². The van der Waals surface area contributed by atoms with Gasteiger partial charge in [0.25, 0.3) is 5.91 Å². The number of halogens is 1. The highest BCUT2D eigenvalue weighted by Crippen LogP contribution is 2.38. The van der Waals surface area contributed by atoms with E-state index < -0.39 is 35.1 Å². The molecule has 0 aromatic carbocycles. The lowest BCUT2D eigenvalue weighted by atomic mass is 9.90. The van der Waals surface area contributed by atoms with Crippen LogP contribution in [0.1, 0.15) is 95.8 Å². The molecule has 3 heterocycles. The van der Waals surface area contributed by atoms with Gasteiger partial charge in [-0.2, -0.15) is 4.37 Å². The number of nitrogens with zero attached hydrogens (tertiary/aromatic N) is 3. The Morgan fingerprint density at radius 1 is 1.10 bits per heavy atom. The smallest absolute Gasteiger partial charge is 0.417 e. The molecule has 2 aromatic rings. The molecular formula is C28H38FN5O5S. The molecule has 2 aliphatic rings. The molecule has 1 fully saturated rings. The molecule has 4 rings (SSSR count). The number of aryl methyl sites for hydroxylation is 1. The van der Waals surface area contributed by atoms with Gasteiger partial charge < -0.3 is 20.1 Å². The Morgan fingerprint density at radius 3 is 2.35 bits per heavy atom. The van der Waals surface area contributed by atoms with Crippen LogP contribution in [0.15, 0.2) is 6.07 Å². The minimum Gasteiger partial charge on any atom is -0.444 e. The lowest BCUT2D eigenvalue weighted by Gasteiger charge is -2.34. The van der Waals surface area contributed by atoms with Crippen molar-refractivity contribution in [1.82, 2.24) is 19.6 Å². The molecule has 10 nitrogen and oxygen atoms in total. The molecule has 0 bridgehead atoms. The Hall–Kier alpha value is -3.28. The normalized spacial score (nSPS) is 19.3. The number of carbonyl (C=O) groups excluding carboxylic acids is 3. The lowest BCUT2D eigenvalue weighted by molar-refractivity contribution is 0.0247. The molecule has 1 aliphatic heterocycles. The number of ether oxygens (including phenoxy) is 2. The van der Waals surface area contributed by atoms with Crippen LogP contribution in [0.2, 0.25) is 0 Å². The minimum atomic E-state index is -0.846. The van der Waals surface area contributed by atoms with Crippen LogP contribution in [0.4, 0.5) is 19.8 Å². The highest BCUT2D eigenvalue weighted by Gasteiger charge is 2.41. The maximum absolute atomic E-state index is 16.1. The summed E-state index contributed by atoms with van der Waals surface area (Å²) >= 11 is 1.17. The summed E-state index contributed by atoms with van der Waals surface area (Å²) in [7, 11) is 0. The summed E-state index contributed by atoms with van der Waals surface area (Å²) in [6, 6.07) is 1.20. The molecule has 2 aromatic heterocycles. The third-order valence-corrected chi connectivity index (χ3v) is 7.40. The summed E-state index contributed by atoms with van der Waals surface area (Å²) in [4.78, 5) is 44.9. The van der Waals surface area contributed by atoms with Gasteiger partial charge in [-0.05, 0) is 78.4 Å². The zero-order valence-electron chi connectivity index (χ0n) is 24.1. The molecule has 0 saturated heterocycles. The average Bonchev–Trinajstić information content (AvgIpc) is 3.45. The summed E-state index contributed by atoms with van der Waals surface area (Å²) < 4.78 is 31.3. The molecule has 2 N–H and O–H groups in total. The molecule has 40 heavy (non-hydrogen) atoms. The number of pyridine rings is 1. The average molecular weight is 576 g/mol. The molecule has 0 spiro atoms. The number of carbonyl (C=O) groups is 3. The molecule has 1 saturated carbocycles. The monoisotopic (exact) mass is 575 g/mol. The van der Waals surface area contributed by atoms with E-state index in [1.807, 2.05) is 13.0 Å². The third kappa shape index (κ3) is 6.71. The fourth-order valence-corrected chi connectivity index (χ4v) is 5.62. The Balaban J connectivity index is 1.70. The predicted molar refractivity (Wildman–Crippen MR) is 150 cm³/mol. The van der Waals surface area contributed by atoms with Gasteiger partial charge in [0.05, 0.1) is 34.4 Å².